The van der Waals surface area contributed by atoms with Gasteiger partial charge in [0.1, 0.15) is 5.82 Å². The molecular weight excluding hydrogens is 210 g/mol. The number of hydrogen-bond acceptors (Lipinski definition) is 2. The minimum absolute atomic E-state index is 0.705. The molecule has 0 saturated carbocycles. The number of nitrogens with zero attached hydrogens (tertiary/aromatic N) is 3. The zero-order chi connectivity index (χ0) is 11.8. The summed E-state index contributed by atoms with van der Waals surface area (Å²) in [5, 5.41) is 0. The molecule has 3 nitrogen and oxygen atoms in total. The summed E-state index contributed by atoms with van der Waals surface area (Å²) in [6, 6.07) is 0. The summed E-state index contributed by atoms with van der Waals surface area (Å²) in [4.78, 5) is 7.12. The van der Waals surface area contributed by atoms with Crippen molar-refractivity contribution in [3.05, 3.63) is 17.7 Å². The Morgan fingerprint density at radius 1 is 1.35 bits per heavy atom. The first kappa shape index (κ1) is 11.3. The summed E-state index contributed by atoms with van der Waals surface area (Å²) in [5.41, 5.74) is 1.47. The van der Waals surface area contributed by atoms with Gasteiger partial charge in [0.05, 0.1) is 0 Å². The Labute approximate surface area is 104 Å². The second-order valence-corrected chi connectivity index (χ2v) is 5.92. The normalized spacial score (nSPS) is 29.5. The van der Waals surface area contributed by atoms with E-state index >= 15 is 0 Å². The van der Waals surface area contributed by atoms with Crippen molar-refractivity contribution in [2.45, 2.75) is 45.1 Å². The van der Waals surface area contributed by atoms with E-state index < -0.39 is 0 Å². The van der Waals surface area contributed by atoms with Crippen molar-refractivity contribution >= 4 is 0 Å². The minimum Gasteiger partial charge on any atom is -0.332 e. The molecule has 0 radical (unpaired) electrons. The molecule has 17 heavy (non-hydrogen) atoms. The molecule has 1 aromatic rings. The number of rotatable bonds is 2. The molecule has 0 bridgehead atoms. The van der Waals surface area contributed by atoms with E-state index in [4.69, 9.17) is 0 Å². The highest BCUT2D eigenvalue weighted by atomic mass is 15.1. The smallest absolute Gasteiger partial charge is 0.109 e. The van der Waals surface area contributed by atoms with E-state index in [-0.39, 0.29) is 0 Å². The van der Waals surface area contributed by atoms with Crippen LogP contribution in [0.3, 0.4) is 0 Å². The van der Waals surface area contributed by atoms with Crippen molar-refractivity contribution in [2.24, 2.45) is 5.92 Å². The molecule has 1 saturated heterocycles. The average molecular weight is 233 g/mol. The third-order valence-corrected chi connectivity index (χ3v) is 4.45. The number of aromatic nitrogens is 2. The summed E-state index contributed by atoms with van der Waals surface area (Å²) in [7, 11) is 2.23. The van der Waals surface area contributed by atoms with Gasteiger partial charge in [0.25, 0.3) is 0 Å². The average Bonchev–Trinajstić information content (AvgIpc) is 2.88. The van der Waals surface area contributed by atoms with Crippen LogP contribution >= 0.6 is 0 Å². The summed E-state index contributed by atoms with van der Waals surface area (Å²) in [5.74, 6) is 2.87. The molecule has 2 aliphatic rings. The molecule has 2 aliphatic heterocycles. The first-order valence-electron chi connectivity index (χ1n) is 6.97. The summed E-state index contributed by atoms with van der Waals surface area (Å²) in [6.07, 6.45) is 7.29. The molecule has 0 aliphatic carbocycles. The van der Waals surface area contributed by atoms with Crippen molar-refractivity contribution in [1.82, 2.24) is 14.5 Å². The molecule has 1 fully saturated rings. The van der Waals surface area contributed by atoms with E-state index in [1.165, 1.54) is 56.8 Å². The van der Waals surface area contributed by atoms with Gasteiger partial charge >= 0.3 is 0 Å². The second kappa shape index (κ2) is 4.45. The Morgan fingerprint density at radius 2 is 2.24 bits per heavy atom. The molecule has 3 rings (SSSR count). The fourth-order valence-corrected chi connectivity index (χ4v) is 3.40. The monoisotopic (exact) mass is 233 g/mol. The largest absolute Gasteiger partial charge is 0.332 e. The van der Waals surface area contributed by atoms with Crippen molar-refractivity contribution in [3.8, 4) is 0 Å². The van der Waals surface area contributed by atoms with Crippen molar-refractivity contribution in [1.29, 1.82) is 0 Å². The van der Waals surface area contributed by atoms with E-state index in [9.17, 15) is 0 Å². The zero-order valence-corrected chi connectivity index (χ0v) is 11.0. The molecule has 3 heterocycles. The lowest BCUT2D eigenvalue weighted by Gasteiger charge is -2.22. The fourth-order valence-electron chi connectivity index (χ4n) is 3.40. The molecule has 94 valence electrons. The van der Waals surface area contributed by atoms with Gasteiger partial charge in [-0.05, 0) is 44.7 Å². The van der Waals surface area contributed by atoms with Crippen LogP contribution in [0.15, 0.2) is 6.20 Å². The molecule has 0 amide bonds. The van der Waals surface area contributed by atoms with Gasteiger partial charge in [0, 0.05) is 31.4 Å². The van der Waals surface area contributed by atoms with Crippen molar-refractivity contribution in [3.63, 3.8) is 0 Å². The van der Waals surface area contributed by atoms with E-state index in [2.05, 4.69) is 34.6 Å². The highest BCUT2D eigenvalue weighted by molar-refractivity contribution is 5.13. The third kappa shape index (κ3) is 2.13. The van der Waals surface area contributed by atoms with Crippen LogP contribution < -0.4 is 0 Å². The maximum Gasteiger partial charge on any atom is 0.109 e. The molecule has 0 N–H and O–H groups in total. The van der Waals surface area contributed by atoms with Crippen LogP contribution in [0.2, 0.25) is 0 Å². The number of likely N-dealkylation sites (tertiary alicyclic amines) is 1. The highest BCUT2D eigenvalue weighted by Crippen LogP contribution is 2.29. The van der Waals surface area contributed by atoms with Crippen molar-refractivity contribution in [2.75, 3.05) is 20.1 Å². The topological polar surface area (TPSA) is 21.1 Å². The summed E-state index contributed by atoms with van der Waals surface area (Å²) >= 11 is 0. The number of imidazole rings is 1. The van der Waals surface area contributed by atoms with E-state index in [1.807, 2.05) is 0 Å². The lowest BCUT2D eigenvalue weighted by atomic mass is 9.98. The quantitative estimate of drug-likeness (QED) is 0.781. The van der Waals surface area contributed by atoms with Crippen LogP contribution in [0.5, 0.6) is 0 Å². The van der Waals surface area contributed by atoms with Crippen LogP contribution in [0, 0.1) is 5.92 Å². The standard InChI is InChI=1S/C14H23N3/c1-11-4-3-6-17-13(11)9-15-14(17)8-12-5-7-16(2)10-12/h9,11-12H,3-8,10H2,1-2H3. The zero-order valence-electron chi connectivity index (χ0n) is 11.0. The molecule has 2 atom stereocenters. The van der Waals surface area contributed by atoms with E-state index in [0.717, 1.165) is 5.92 Å². The van der Waals surface area contributed by atoms with Crippen molar-refractivity contribution < 1.29 is 0 Å². The summed E-state index contributed by atoms with van der Waals surface area (Å²) < 4.78 is 2.49. The SMILES string of the molecule is CC1CCCn2c1cnc2CC1CCN(C)C1. The maximum absolute atomic E-state index is 4.68. The van der Waals surface area contributed by atoms with E-state index in [0.29, 0.717) is 5.92 Å². The third-order valence-electron chi connectivity index (χ3n) is 4.45. The molecule has 2 unspecified atom stereocenters. The van der Waals surface area contributed by atoms with Crippen LogP contribution in [0.4, 0.5) is 0 Å². The molecule has 1 aromatic heterocycles. The maximum atomic E-state index is 4.68. The molecule has 0 aromatic carbocycles. The Hall–Kier alpha value is -0.830. The first-order chi connectivity index (χ1) is 8.24. The predicted octanol–water partition coefficient (Wildman–Crippen LogP) is 2.27. The Morgan fingerprint density at radius 3 is 3.00 bits per heavy atom. The van der Waals surface area contributed by atoms with Crippen LogP contribution in [-0.2, 0) is 13.0 Å². The lowest BCUT2D eigenvalue weighted by Crippen LogP contribution is -2.19. The lowest BCUT2D eigenvalue weighted by molar-refractivity contribution is 0.387. The second-order valence-electron chi connectivity index (χ2n) is 5.92. The van der Waals surface area contributed by atoms with E-state index in [1.54, 1.807) is 0 Å². The van der Waals surface area contributed by atoms with Gasteiger partial charge in [-0.15, -0.1) is 0 Å². The van der Waals surface area contributed by atoms with Crippen LogP contribution in [0.1, 0.15) is 43.6 Å². The number of hydrogen-bond donors (Lipinski definition) is 0. The van der Waals surface area contributed by atoms with Gasteiger partial charge in [-0.25, -0.2) is 4.98 Å². The molecule has 0 spiro atoms. The molecule has 3 heteroatoms. The summed E-state index contributed by atoms with van der Waals surface area (Å²) in [6.45, 7) is 6.03. The van der Waals surface area contributed by atoms with Gasteiger partial charge in [-0.1, -0.05) is 6.92 Å². The van der Waals surface area contributed by atoms with Crippen LogP contribution in [0.25, 0.3) is 0 Å². The minimum atomic E-state index is 0.705. The fraction of sp³-hybridized carbons (Fsp3) is 0.786. The van der Waals surface area contributed by atoms with Crippen LogP contribution in [-0.4, -0.2) is 34.6 Å². The Kier molecular flexibility index (Phi) is 2.95. The van der Waals surface area contributed by atoms with Gasteiger partial charge in [-0.3, -0.25) is 0 Å². The first-order valence-corrected chi connectivity index (χ1v) is 6.97. The Bertz CT molecular complexity index is 396. The Balaban J connectivity index is 1.75. The highest BCUT2D eigenvalue weighted by Gasteiger charge is 2.24. The number of fused-ring (bicyclic) bond motifs is 1. The van der Waals surface area contributed by atoms with Gasteiger partial charge in [0.15, 0.2) is 0 Å². The van der Waals surface area contributed by atoms with Gasteiger partial charge in [0.2, 0.25) is 0 Å². The van der Waals surface area contributed by atoms with Gasteiger partial charge < -0.3 is 9.47 Å². The predicted molar refractivity (Wildman–Crippen MR) is 69.2 cm³/mol. The molecular formula is C14H23N3. The van der Waals surface area contributed by atoms with Gasteiger partial charge in [-0.2, -0.15) is 0 Å².